The zero-order valence-corrected chi connectivity index (χ0v) is 9.34. The molecule has 0 saturated carbocycles. The highest BCUT2D eigenvalue weighted by molar-refractivity contribution is 7.99. The van der Waals surface area contributed by atoms with Gasteiger partial charge in [0, 0.05) is 13.2 Å². The van der Waals surface area contributed by atoms with Crippen molar-refractivity contribution in [3.8, 4) is 0 Å². The Morgan fingerprint density at radius 1 is 1.60 bits per heavy atom. The number of hydrogen-bond acceptors (Lipinski definition) is 4. The fourth-order valence-corrected chi connectivity index (χ4v) is 2.04. The second-order valence-electron chi connectivity index (χ2n) is 2.80. The zero-order valence-electron chi connectivity index (χ0n) is 7.77. The van der Waals surface area contributed by atoms with Gasteiger partial charge in [0.1, 0.15) is 10.0 Å². The van der Waals surface area contributed by atoms with Crippen molar-refractivity contribution in [1.29, 1.82) is 0 Å². The van der Waals surface area contributed by atoms with Crippen molar-refractivity contribution >= 4 is 23.4 Å². The van der Waals surface area contributed by atoms with E-state index in [1.54, 1.807) is 10.9 Å². The number of aryl methyl sites for hydroxylation is 1. The molecule has 0 radical (unpaired) electrons. The fourth-order valence-electron chi connectivity index (χ4n) is 1.00. The van der Waals surface area contributed by atoms with E-state index in [1.807, 2.05) is 13.2 Å². The third kappa shape index (κ3) is 2.21. The second-order valence-corrected chi connectivity index (χ2v) is 4.24. The summed E-state index contributed by atoms with van der Waals surface area (Å²) in [6.45, 7) is 0. The Hall–Kier alpha value is -1.27. The number of aromatic nitrogens is 4. The highest BCUT2D eigenvalue weighted by Gasteiger charge is 2.08. The van der Waals surface area contributed by atoms with Crippen LogP contribution >= 0.6 is 23.4 Å². The van der Waals surface area contributed by atoms with Crippen LogP contribution in [-0.2, 0) is 7.05 Å². The average Bonchev–Trinajstić information content (AvgIpc) is 2.59. The number of H-pyrrole nitrogens is 1. The number of nitrogens with one attached hydrogen (secondary N) is 1. The van der Waals surface area contributed by atoms with Gasteiger partial charge in [0.25, 0.3) is 5.56 Å². The van der Waals surface area contributed by atoms with Crippen molar-refractivity contribution in [1.82, 2.24) is 19.7 Å². The molecule has 0 unspecified atom stereocenters. The van der Waals surface area contributed by atoms with Gasteiger partial charge in [0.15, 0.2) is 0 Å². The number of aromatic amines is 1. The van der Waals surface area contributed by atoms with E-state index < -0.39 is 0 Å². The Morgan fingerprint density at radius 2 is 2.40 bits per heavy atom. The first kappa shape index (κ1) is 10.3. The Bertz CT molecular complexity index is 535. The molecule has 15 heavy (non-hydrogen) atoms. The predicted octanol–water partition coefficient (Wildman–Crippen LogP) is 1.31. The number of nitrogens with zero attached hydrogens (tertiary/aromatic N) is 3. The lowest BCUT2D eigenvalue weighted by molar-refractivity contribution is 0.766. The van der Waals surface area contributed by atoms with E-state index in [1.165, 1.54) is 18.1 Å². The molecule has 0 saturated heterocycles. The van der Waals surface area contributed by atoms with Crippen molar-refractivity contribution < 1.29 is 0 Å². The summed E-state index contributed by atoms with van der Waals surface area (Å²) in [5.74, 6) is 0. The first-order valence-electron chi connectivity index (χ1n) is 4.06. The largest absolute Gasteiger partial charge is 0.312 e. The monoisotopic (exact) mass is 242 g/mol. The summed E-state index contributed by atoms with van der Waals surface area (Å²) in [6.07, 6.45) is 4.83. The molecule has 0 aliphatic heterocycles. The van der Waals surface area contributed by atoms with Crippen LogP contribution < -0.4 is 5.56 Å². The molecule has 2 aromatic heterocycles. The molecule has 0 aliphatic rings. The van der Waals surface area contributed by atoms with Gasteiger partial charge < -0.3 is 4.98 Å². The summed E-state index contributed by atoms with van der Waals surface area (Å²) in [6, 6.07) is 0. The quantitative estimate of drug-likeness (QED) is 0.807. The SMILES string of the molecule is Cn1cc(Sc2nc[nH]c(=O)c2Cl)cn1. The molecular formula is C8H7ClN4OS. The van der Waals surface area contributed by atoms with Gasteiger partial charge in [0.05, 0.1) is 17.4 Å². The molecule has 2 heterocycles. The maximum atomic E-state index is 11.2. The lowest BCUT2D eigenvalue weighted by Gasteiger charge is -1.98. The van der Waals surface area contributed by atoms with Gasteiger partial charge in [-0.05, 0) is 0 Å². The highest BCUT2D eigenvalue weighted by Crippen LogP contribution is 2.28. The van der Waals surface area contributed by atoms with Gasteiger partial charge in [-0.3, -0.25) is 9.48 Å². The molecule has 2 rings (SSSR count). The van der Waals surface area contributed by atoms with Crippen molar-refractivity contribution in [2.45, 2.75) is 9.92 Å². The van der Waals surface area contributed by atoms with E-state index >= 15 is 0 Å². The van der Waals surface area contributed by atoms with Gasteiger partial charge >= 0.3 is 0 Å². The fraction of sp³-hybridized carbons (Fsp3) is 0.125. The lowest BCUT2D eigenvalue weighted by atomic mass is 10.6. The molecule has 78 valence electrons. The summed E-state index contributed by atoms with van der Waals surface area (Å²) in [5.41, 5.74) is -0.335. The third-order valence-electron chi connectivity index (χ3n) is 1.66. The molecule has 0 amide bonds. The molecule has 0 aromatic carbocycles. The minimum atomic E-state index is -0.335. The van der Waals surface area contributed by atoms with Crippen LogP contribution in [0.2, 0.25) is 5.02 Å². The zero-order chi connectivity index (χ0) is 10.8. The highest BCUT2D eigenvalue weighted by atomic mass is 35.5. The minimum Gasteiger partial charge on any atom is -0.312 e. The molecular weight excluding hydrogens is 236 g/mol. The van der Waals surface area contributed by atoms with E-state index in [0.29, 0.717) is 5.03 Å². The number of halogens is 1. The topological polar surface area (TPSA) is 63.6 Å². The van der Waals surface area contributed by atoms with Gasteiger partial charge in [-0.25, -0.2) is 4.98 Å². The van der Waals surface area contributed by atoms with E-state index in [4.69, 9.17) is 11.6 Å². The molecule has 0 aliphatic carbocycles. The van der Waals surface area contributed by atoms with Gasteiger partial charge in [-0.1, -0.05) is 23.4 Å². The average molecular weight is 243 g/mol. The molecule has 7 heteroatoms. The maximum absolute atomic E-state index is 11.2. The van der Waals surface area contributed by atoms with Gasteiger partial charge in [-0.2, -0.15) is 5.10 Å². The molecule has 5 nitrogen and oxygen atoms in total. The van der Waals surface area contributed by atoms with Gasteiger partial charge in [-0.15, -0.1) is 0 Å². The Kier molecular flexibility index (Phi) is 2.79. The third-order valence-corrected chi connectivity index (χ3v) is 3.07. The van der Waals surface area contributed by atoms with E-state index in [2.05, 4.69) is 15.1 Å². The number of hydrogen-bond donors (Lipinski definition) is 1. The Labute approximate surface area is 94.5 Å². The van der Waals surface area contributed by atoms with Crippen LogP contribution in [0.3, 0.4) is 0 Å². The smallest absolute Gasteiger partial charge is 0.270 e. The standard InChI is InChI=1S/C8H7ClN4OS/c1-13-3-5(2-12-13)15-8-6(9)7(14)10-4-11-8/h2-4H,1H3,(H,10,11,14). The summed E-state index contributed by atoms with van der Waals surface area (Å²) < 4.78 is 1.67. The first-order chi connectivity index (χ1) is 7.16. The van der Waals surface area contributed by atoms with Crippen LogP contribution in [-0.4, -0.2) is 19.7 Å². The van der Waals surface area contributed by atoms with E-state index in [9.17, 15) is 4.79 Å². The van der Waals surface area contributed by atoms with Crippen LogP contribution in [0.25, 0.3) is 0 Å². The van der Waals surface area contributed by atoms with Crippen LogP contribution in [0.1, 0.15) is 0 Å². The molecule has 1 N–H and O–H groups in total. The summed E-state index contributed by atoms with van der Waals surface area (Å²) >= 11 is 7.10. The maximum Gasteiger partial charge on any atom is 0.270 e. The minimum absolute atomic E-state index is 0.103. The van der Waals surface area contributed by atoms with Crippen molar-refractivity contribution in [3.63, 3.8) is 0 Å². The van der Waals surface area contributed by atoms with Crippen LogP contribution in [0.5, 0.6) is 0 Å². The first-order valence-corrected chi connectivity index (χ1v) is 5.26. The molecule has 2 aromatic rings. The van der Waals surface area contributed by atoms with Crippen LogP contribution in [0, 0.1) is 0 Å². The van der Waals surface area contributed by atoms with Crippen molar-refractivity contribution in [3.05, 3.63) is 34.1 Å². The van der Waals surface area contributed by atoms with Gasteiger partial charge in [0.2, 0.25) is 0 Å². The molecule has 0 bridgehead atoms. The number of rotatable bonds is 2. The van der Waals surface area contributed by atoms with Crippen molar-refractivity contribution in [2.24, 2.45) is 7.05 Å². The van der Waals surface area contributed by atoms with E-state index in [-0.39, 0.29) is 10.6 Å². The van der Waals surface area contributed by atoms with Crippen LogP contribution in [0.15, 0.2) is 33.4 Å². The second kappa shape index (κ2) is 4.08. The lowest BCUT2D eigenvalue weighted by Crippen LogP contribution is -2.07. The normalized spacial score (nSPS) is 10.5. The summed E-state index contributed by atoms with van der Waals surface area (Å²) in [4.78, 5) is 18.4. The summed E-state index contributed by atoms with van der Waals surface area (Å²) in [5, 5.41) is 4.59. The molecule has 0 spiro atoms. The van der Waals surface area contributed by atoms with Crippen molar-refractivity contribution in [2.75, 3.05) is 0 Å². The van der Waals surface area contributed by atoms with Crippen LogP contribution in [0.4, 0.5) is 0 Å². The Balaban J connectivity index is 2.32. The predicted molar refractivity (Wildman–Crippen MR) is 57.2 cm³/mol. The Morgan fingerprint density at radius 3 is 3.07 bits per heavy atom. The molecule has 0 fully saturated rings. The summed E-state index contributed by atoms with van der Waals surface area (Å²) in [7, 11) is 1.82. The molecule has 0 atom stereocenters. The van der Waals surface area contributed by atoms with E-state index in [0.717, 1.165) is 4.90 Å².